The Morgan fingerprint density at radius 2 is 1.62 bits per heavy atom. The first-order valence-corrected chi connectivity index (χ1v) is 11.8. The molecule has 37 heavy (non-hydrogen) atoms. The van der Waals surface area contributed by atoms with Crippen LogP contribution >= 0.6 is 12.6 Å². The zero-order chi connectivity index (χ0) is 28.0. The average molecular weight is 544 g/mol. The third-order valence-corrected chi connectivity index (χ3v) is 5.38. The number of carbonyl (C=O) groups excluding carboxylic acids is 3. The first kappa shape index (κ1) is 31.2. The lowest BCUT2D eigenvalue weighted by molar-refractivity contribution is -0.143. The number of amides is 3. The van der Waals surface area contributed by atoms with Crippen molar-refractivity contribution in [1.29, 1.82) is 0 Å². The van der Waals surface area contributed by atoms with Gasteiger partial charge in [0.1, 0.15) is 18.1 Å². The molecule has 0 aliphatic carbocycles. The van der Waals surface area contributed by atoms with Gasteiger partial charge in [-0.15, -0.1) is 0 Å². The molecule has 0 bridgehead atoms. The van der Waals surface area contributed by atoms with Gasteiger partial charge in [0.25, 0.3) is 0 Å². The number of nitrogens with two attached hydrogens (primary N) is 3. The number of nitrogens with zero attached hydrogens (tertiary/aromatic N) is 2. The van der Waals surface area contributed by atoms with Crippen molar-refractivity contribution in [2.75, 3.05) is 12.3 Å². The number of aromatic amines is 1. The number of carboxylic acid groups (broad SMARTS) is 2. The Hall–Kier alpha value is -3.86. The van der Waals surface area contributed by atoms with Gasteiger partial charge in [-0.25, -0.2) is 9.78 Å². The Morgan fingerprint density at radius 1 is 1.00 bits per heavy atom. The fraction of sp³-hybridized carbons (Fsp3) is 0.550. The maximum Gasteiger partial charge on any atom is 0.326 e. The van der Waals surface area contributed by atoms with Crippen molar-refractivity contribution in [3.8, 4) is 0 Å². The fourth-order valence-corrected chi connectivity index (χ4v) is 3.20. The first-order chi connectivity index (χ1) is 17.4. The van der Waals surface area contributed by atoms with Crippen molar-refractivity contribution in [2.45, 2.75) is 56.3 Å². The van der Waals surface area contributed by atoms with Crippen molar-refractivity contribution in [2.24, 2.45) is 22.2 Å². The second-order valence-electron chi connectivity index (χ2n) is 7.97. The van der Waals surface area contributed by atoms with Crippen LogP contribution in [0.1, 0.15) is 31.4 Å². The molecule has 0 aliphatic rings. The van der Waals surface area contributed by atoms with E-state index in [9.17, 15) is 29.1 Å². The molecule has 0 fully saturated rings. The molecule has 1 rings (SSSR count). The van der Waals surface area contributed by atoms with Crippen molar-refractivity contribution < 1.29 is 34.2 Å². The van der Waals surface area contributed by atoms with Gasteiger partial charge in [0.2, 0.25) is 17.7 Å². The third kappa shape index (κ3) is 12.1. The lowest BCUT2D eigenvalue weighted by atomic mass is 10.1. The van der Waals surface area contributed by atoms with Gasteiger partial charge in [-0.3, -0.25) is 24.2 Å². The van der Waals surface area contributed by atoms with Gasteiger partial charge in [-0.2, -0.15) is 12.6 Å². The van der Waals surface area contributed by atoms with Crippen LogP contribution in [0, 0.1) is 0 Å². The summed E-state index contributed by atoms with van der Waals surface area (Å²) in [6, 6.07) is -4.93. The summed E-state index contributed by atoms with van der Waals surface area (Å²) in [5, 5.41) is 25.5. The van der Waals surface area contributed by atoms with E-state index in [2.05, 4.69) is 43.5 Å². The average Bonchev–Trinajstić information content (AvgIpc) is 3.34. The van der Waals surface area contributed by atoms with Gasteiger partial charge in [0, 0.05) is 37.0 Å². The van der Waals surface area contributed by atoms with Gasteiger partial charge < -0.3 is 48.3 Å². The van der Waals surface area contributed by atoms with E-state index in [1.54, 1.807) is 0 Å². The molecule has 1 aromatic heterocycles. The normalized spacial score (nSPS) is 13.9. The summed E-state index contributed by atoms with van der Waals surface area (Å²) >= 11 is 3.97. The number of guanidine groups is 1. The van der Waals surface area contributed by atoms with Gasteiger partial charge >= 0.3 is 11.9 Å². The Labute approximate surface area is 217 Å². The van der Waals surface area contributed by atoms with Gasteiger partial charge in [-0.05, 0) is 19.3 Å². The molecule has 0 saturated carbocycles. The minimum absolute atomic E-state index is 0.000497. The maximum absolute atomic E-state index is 13.1. The maximum atomic E-state index is 13.1. The van der Waals surface area contributed by atoms with Gasteiger partial charge in [0.15, 0.2) is 5.96 Å². The molecule has 4 atom stereocenters. The number of H-pyrrole nitrogens is 1. The van der Waals surface area contributed by atoms with E-state index >= 15 is 0 Å². The zero-order valence-electron chi connectivity index (χ0n) is 19.9. The predicted molar refractivity (Wildman–Crippen MR) is 134 cm³/mol. The van der Waals surface area contributed by atoms with Crippen LogP contribution in [0.4, 0.5) is 0 Å². The number of nitrogens with one attached hydrogen (secondary N) is 4. The van der Waals surface area contributed by atoms with Crippen LogP contribution in [0.15, 0.2) is 17.5 Å². The predicted octanol–water partition coefficient (Wildman–Crippen LogP) is -3.33. The van der Waals surface area contributed by atoms with Gasteiger partial charge in [-0.1, -0.05) is 0 Å². The second kappa shape index (κ2) is 16.0. The number of hydrogen-bond donors (Lipinski definition) is 10. The van der Waals surface area contributed by atoms with E-state index in [1.807, 2.05) is 0 Å². The summed E-state index contributed by atoms with van der Waals surface area (Å²) in [4.78, 5) is 71.2. The van der Waals surface area contributed by atoms with Crippen molar-refractivity contribution >= 4 is 48.2 Å². The molecule has 3 amide bonds. The monoisotopic (exact) mass is 543 g/mol. The molecule has 0 aromatic carbocycles. The van der Waals surface area contributed by atoms with Crippen LogP contribution in [0.3, 0.4) is 0 Å². The molecule has 0 aliphatic heterocycles. The highest BCUT2D eigenvalue weighted by Gasteiger charge is 2.30. The molecule has 206 valence electrons. The number of aromatic nitrogens is 2. The summed E-state index contributed by atoms with van der Waals surface area (Å²) in [7, 11) is 0. The van der Waals surface area contributed by atoms with E-state index in [0.29, 0.717) is 5.69 Å². The lowest BCUT2D eigenvalue weighted by Gasteiger charge is -2.25. The molecule has 0 radical (unpaired) electrons. The zero-order valence-corrected chi connectivity index (χ0v) is 20.8. The van der Waals surface area contributed by atoms with E-state index in [4.69, 9.17) is 22.3 Å². The number of aliphatic imine (C=N–C) groups is 1. The number of carboxylic acids is 2. The Balaban J connectivity index is 3.07. The summed E-state index contributed by atoms with van der Waals surface area (Å²) in [6.07, 6.45) is 2.17. The van der Waals surface area contributed by atoms with Crippen LogP contribution in [0.2, 0.25) is 0 Å². The van der Waals surface area contributed by atoms with Crippen LogP contribution in [0.25, 0.3) is 0 Å². The third-order valence-electron chi connectivity index (χ3n) is 4.99. The molecule has 1 aromatic rings. The van der Waals surface area contributed by atoms with Crippen LogP contribution < -0.4 is 33.2 Å². The van der Waals surface area contributed by atoms with Crippen LogP contribution in [0.5, 0.6) is 0 Å². The molecular weight excluding hydrogens is 510 g/mol. The summed E-state index contributed by atoms with van der Waals surface area (Å²) in [6.45, 7) is 0.120. The van der Waals surface area contributed by atoms with E-state index in [-0.39, 0.29) is 43.9 Å². The van der Waals surface area contributed by atoms with E-state index < -0.39 is 60.2 Å². The van der Waals surface area contributed by atoms with Crippen LogP contribution in [-0.4, -0.2) is 92.3 Å². The first-order valence-electron chi connectivity index (χ1n) is 11.2. The number of carbonyl (C=O) groups is 5. The Bertz CT molecular complexity index is 954. The van der Waals surface area contributed by atoms with Crippen LogP contribution in [-0.2, 0) is 30.4 Å². The van der Waals surface area contributed by atoms with Gasteiger partial charge in [0.05, 0.1) is 12.4 Å². The molecular formula is C20H33N9O7S. The molecule has 4 unspecified atom stereocenters. The minimum Gasteiger partial charge on any atom is -0.481 e. The molecule has 17 heteroatoms. The van der Waals surface area contributed by atoms with E-state index in [0.717, 1.165) is 0 Å². The molecule has 1 heterocycles. The Morgan fingerprint density at radius 3 is 2.16 bits per heavy atom. The molecule has 0 spiro atoms. The lowest BCUT2D eigenvalue weighted by Crippen LogP contribution is -2.57. The Kier molecular flexibility index (Phi) is 13.5. The number of imidazole rings is 1. The number of aliphatic carboxylic acids is 2. The van der Waals surface area contributed by atoms with E-state index in [1.165, 1.54) is 12.5 Å². The molecule has 0 saturated heterocycles. The molecule has 12 N–H and O–H groups in total. The fourth-order valence-electron chi connectivity index (χ4n) is 3.03. The SMILES string of the molecule is NC(N)=NCCCC(NC(=O)C(Cc1cnc[nH]1)NC(=O)C(N)CS)C(=O)NC(CCC(=O)O)C(=O)O. The minimum atomic E-state index is -1.51. The summed E-state index contributed by atoms with van der Waals surface area (Å²) in [5.41, 5.74) is 16.8. The number of rotatable bonds is 17. The molecule has 16 nitrogen and oxygen atoms in total. The van der Waals surface area contributed by atoms with Crippen molar-refractivity contribution in [1.82, 2.24) is 25.9 Å². The number of hydrogen-bond acceptors (Lipinski definition) is 9. The topological polar surface area (TPSA) is 281 Å². The van der Waals surface area contributed by atoms with Crippen molar-refractivity contribution in [3.63, 3.8) is 0 Å². The standard InChI is InChI=1S/C20H33N9O7S/c21-11(8-37)16(32)29-14(6-10-7-24-9-26-10)18(34)27-12(2-1-5-25-20(22)23)17(33)28-13(19(35)36)3-4-15(30)31/h7,9,11-14,37H,1-6,8,21H2,(H,24,26)(H,27,34)(H,28,33)(H,29,32)(H,30,31)(H,35,36)(H4,22,23,25). The second-order valence-corrected chi connectivity index (χ2v) is 8.34. The summed E-state index contributed by atoms with van der Waals surface area (Å²) in [5.74, 6) is -5.10. The number of thiol groups is 1. The largest absolute Gasteiger partial charge is 0.481 e. The quantitative estimate of drug-likeness (QED) is 0.0401. The highest BCUT2D eigenvalue weighted by atomic mass is 32.1. The highest BCUT2D eigenvalue weighted by molar-refractivity contribution is 7.80. The highest BCUT2D eigenvalue weighted by Crippen LogP contribution is 2.06. The smallest absolute Gasteiger partial charge is 0.326 e. The summed E-state index contributed by atoms with van der Waals surface area (Å²) < 4.78 is 0. The van der Waals surface area contributed by atoms with Crippen molar-refractivity contribution in [3.05, 3.63) is 18.2 Å².